The van der Waals surface area contributed by atoms with Gasteiger partial charge in [0.1, 0.15) is 11.3 Å². The van der Waals surface area contributed by atoms with Crippen LogP contribution in [0.4, 0.5) is 0 Å². The van der Waals surface area contributed by atoms with Crippen LogP contribution in [-0.4, -0.2) is 41.6 Å². The van der Waals surface area contributed by atoms with Crippen LogP contribution in [0.3, 0.4) is 0 Å². The van der Waals surface area contributed by atoms with Crippen LogP contribution in [0, 0.1) is 0 Å². The molecule has 102 valence electrons. The van der Waals surface area contributed by atoms with Gasteiger partial charge in [-0.2, -0.15) is 0 Å². The minimum atomic E-state index is -0.735. The third-order valence-electron chi connectivity index (χ3n) is 2.97. The van der Waals surface area contributed by atoms with Gasteiger partial charge in [-0.1, -0.05) is 11.6 Å². The Morgan fingerprint density at radius 3 is 2.63 bits per heavy atom. The van der Waals surface area contributed by atoms with Gasteiger partial charge in [-0.25, -0.2) is 4.79 Å². The summed E-state index contributed by atoms with van der Waals surface area (Å²) in [6.45, 7) is 1.12. The molecule has 1 amide bonds. The van der Waals surface area contributed by atoms with Gasteiger partial charge < -0.3 is 14.7 Å². The molecule has 1 N–H and O–H groups in total. The Bertz CT molecular complexity index is 497. The quantitative estimate of drug-likeness (QED) is 0.860. The van der Waals surface area contributed by atoms with E-state index in [4.69, 9.17) is 16.3 Å². The number of phenols is 1. The van der Waals surface area contributed by atoms with Crippen molar-refractivity contribution in [2.75, 3.05) is 19.7 Å². The van der Waals surface area contributed by atoms with Crippen molar-refractivity contribution in [3.05, 3.63) is 28.8 Å². The van der Waals surface area contributed by atoms with Crippen LogP contribution < -0.4 is 0 Å². The largest absolute Gasteiger partial charge is 0.507 e. The van der Waals surface area contributed by atoms with Gasteiger partial charge in [0.25, 0.3) is 5.91 Å². The van der Waals surface area contributed by atoms with Gasteiger partial charge in [0, 0.05) is 18.1 Å². The maximum Gasteiger partial charge on any atom is 0.342 e. The molecule has 0 unspecified atom stereocenters. The maximum absolute atomic E-state index is 11.7. The van der Waals surface area contributed by atoms with Gasteiger partial charge in [0.15, 0.2) is 6.61 Å². The molecule has 1 saturated heterocycles. The second kappa shape index (κ2) is 5.93. The van der Waals surface area contributed by atoms with E-state index >= 15 is 0 Å². The zero-order valence-electron chi connectivity index (χ0n) is 10.3. The normalized spacial score (nSPS) is 14.5. The third kappa shape index (κ3) is 3.38. The van der Waals surface area contributed by atoms with Crippen molar-refractivity contribution in [2.45, 2.75) is 12.8 Å². The molecule has 1 fully saturated rings. The summed E-state index contributed by atoms with van der Waals surface area (Å²) in [5, 5.41) is 9.88. The molecule has 5 nitrogen and oxygen atoms in total. The maximum atomic E-state index is 11.7. The van der Waals surface area contributed by atoms with Crippen molar-refractivity contribution in [3.63, 3.8) is 0 Å². The van der Waals surface area contributed by atoms with Crippen molar-refractivity contribution >= 4 is 23.5 Å². The van der Waals surface area contributed by atoms with Gasteiger partial charge in [0.2, 0.25) is 0 Å². The summed E-state index contributed by atoms with van der Waals surface area (Å²) < 4.78 is 4.89. The molecule has 2 rings (SSSR count). The Labute approximate surface area is 115 Å². The van der Waals surface area contributed by atoms with Gasteiger partial charge in [-0.15, -0.1) is 0 Å². The highest BCUT2D eigenvalue weighted by atomic mass is 35.5. The highest BCUT2D eigenvalue weighted by molar-refractivity contribution is 6.30. The van der Waals surface area contributed by atoms with Crippen LogP contribution >= 0.6 is 11.6 Å². The number of ether oxygens (including phenoxy) is 1. The zero-order valence-corrected chi connectivity index (χ0v) is 11.0. The van der Waals surface area contributed by atoms with Crippen molar-refractivity contribution < 1.29 is 19.4 Å². The van der Waals surface area contributed by atoms with Crippen molar-refractivity contribution in [2.24, 2.45) is 0 Å². The molecule has 0 atom stereocenters. The zero-order chi connectivity index (χ0) is 13.8. The Hall–Kier alpha value is -1.75. The molecule has 0 aliphatic carbocycles. The van der Waals surface area contributed by atoms with Crippen LogP contribution in [-0.2, 0) is 9.53 Å². The smallest absolute Gasteiger partial charge is 0.342 e. The van der Waals surface area contributed by atoms with Gasteiger partial charge >= 0.3 is 5.97 Å². The lowest BCUT2D eigenvalue weighted by molar-refractivity contribution is -0.133. The Morgan fingerprint density at radius 1 is 1.32 bits per heavy atom. The first-order chi connectivity index (χ1) is 9.08. The van der Waals surface area contributed by atoms with Crippen molar-refractivity contribution in [1.29, 1.82) is 0 Å². The average molecular weight is 284 g/mol. The number of rotatable bonds is 3. The van der Waals surface area contributed by atoms with E-state index < -0.39 is 5.97 Å². The molecule has 6 heteroatoms. The molecule has 1 aromatic carbocycles. The summed E-state index contributed by atoms with van der Waals surface area (Å²) in [7, 11) is 0. The molecule has 0 spiro atoms. The van der Waals surface area contributed by atoms with Crippen LogP contribution in [0.2, 0.25) is 5.02 Å². The summed E-state index contributed by atoms with van der Waals surface area (Å²) >= 11 is 5.66. The number of likely N-dealkylation sites (tertiary alicyclic amines) is 1. The van der Waals surface area contributed by atoms with Gasteiger partial charge in [-0.3, -0.25) is 4.79 Å². The Morgan fingerprint density at radius 2 is 2.00 bits per heavy atom. The highest BCUT2D eigenvalue weighted by Gasteiger charge is 2.20. The number of halogens is 1. The van der Waals surface area contributed by atoms with E-state index in [0.717, 1.165) is 12.8 Å². The first-order valence-corrected chi connectivity index (χ1v) is 6.39. The topological polar surface area (TPSA) is 66.8 Å². The minimum Gasteiger partial charge on any atom is -0.507 e. The number of nitrogens with zero attached hydrogens (tertiary/aromatic N) is 1. The SMILES string of the molecule is O=C(OCC(=O)N1CCCC1)c1ccc(Cl)cc1O. The molecular formula is C13H14ClNO4. The summed E-state index contributed by atoms with van der Waals surface area (Å²) in [6, 6.07) is 4.08. The van der Waals surface area contributed by atoms with Crippen molar-refractivity contribution in [3.8, 4) is 5.75 Å². The molecule has 1 heterocycles. The van der Waals surface area contributed by atoms with Crippen molar-refractivity contribution in [1.82, 2.24) is 4.90 Å². The van der Waals surface area contributed by atoms with E-state index in [1.165, 1.54) is 18.2 Å². The van der Waals surface area contributed by atoms with E-state index in [9.17, 15) is 14.7 Å². The monoisotopic (exact) mass is 283 g/mol. The van der Waals surface area contributed by atoms with Crippen LogP contribution in [0.1, 0.15) is 23.2 Å². The summed E-state index contributed by atoms with van der Waals surface area (Å²) in [5.74, 6) is -1.20. The Balaban J connectivity index is 1.92. The van der Waals surface area contributed by atoms with Crippen LogP contribution in [0.25, 0.3) is 0 Å². The predicted molar refractivity (Wildman–Crippen MR) is 69.2 cm³/mol. The van der Waals surface area contributed by atoms with Gasteiger partial charge in [0.05, 0.1) is 0 Å². The van der Waals surface area contributed by atoms with Gasteiger partial charge in [-0.05, 0) is 31.0 Å². The average Bonchev–Trinajstić information content (AvgIpc) is 2.89. The molecule has 0 radical (unpaired) electrons. The fourth-order valence-electron chi connectivity index (χ4n) is 1.94. The molecule has 1 aliphatic rings. The predicted octanol–water partition coefficient (Wildman–Crippen LogP) is 1.82. The number of carbonyl (C=O) groups excluding carboxylic acids is 2. The fourth-order valence-corrected chi connectivity index (χ4v) is 2.11. The third-order valence-corrected chi connectivity index (χ3v) is 3.20. The lowest BCUT2D eigenvalue weighted by atomic mass is 10.2. The van der Waals surface area contributed by atoms with Crippen LogP contribution in [0.5, 0.6) is 5.75 Å². The number of hydrogen-bond donors (Lipinski definition) is 1. The number of hydrogen-bond acceptors (Lipinski definition) is 4. The minimum absolute atomic E-state index is 0.00128. The van der Waals surface area contributed by atoms with Crippen LogP contribution in [0.15, 0.2) is 18.2 Å². The molecule has 0 bridgehead atoms. The second-order valence-corrected chi connectivity index (χ2v) is 4.76. The first kappa shape index (κ1) is 13.7. The summed E-state index contributed by atoms with van der Waals surface area (Å²) in [5.41, 5.74) is -0.00128. The molecule has 19 heavy (non-hydrogen) atoms. The number of phenolic OH excluding ortho intramolecular Hbond substituents is 1. The van der Waals surface area contributed by atoms with E-state index in [0.29, 0.717) is 18.1 Å². The standard InChI is InChI=1S/C13H14ClNO4/c14-9-3-4-10(11(16)7-9)13(18)19-8-12(17)15-5-1-2-6-15/h3-4,7,16H,1-2,5-6,8H2. The molecule has 0 saturated carbocycles. The lowest BCUT2D eigenvalue weighted by Gasteiger charge is -2.15. The summed E-state index contributed by atoms with van der Waals surface area (Å²) in [6.07, 6.45) is 1.97. The number of benzene rings is 1. The number of esters is 1. The number of aromatic hydroxyl groups is 1. The molecular weight excluding hydrogens is 270 g/mol. The van der Waals surface area contributed by atoms with E-state index in [1.54, 1.807) is 4.90 Å². The first-order valence-electron chi connectivity index (χ1n) is 6.01. The molecule has 1 aromatic rings. The Kier molecular flexibility index (Phi) is 4.27. The van der Waals surface area contributed by atoms with E-state index in [2.05, 4.69) is 0 Å². The number of carbonyl (C=O) groups is 2. The lowest BCUT2D eigenvalue weighted by Crippen LogP contribution is -2.32. The fraction of sp³-hybridized carbons (Fsp3) is 0.385. The number of amides is 1. The molecule has 0 aromatic heterocycles. The highest BCUT2D eigenvalue weighted by Crippen LogP contribution is 2.22. The second-order valence-electron chi connectivity index (χ2n) is 4.33. The molecule has 1 aliphatic heterocycles. The van der Waals surface area contributed by atoms with E-state index in [1.807, 2.05) is 0 Å². The summed E-state index contributed by atoms with van der Waals surface area (Å²) in [4.78, 5) is 25.0. The van der Waals surface area contributed by atoms with E-state index in [-0.39, 0.29) is 23.8 Å².